The van der Waals surface area contributed by atoms with Crippen LogP contribution in [0.15, 0.2) is 46.9 Å². The summed E-state index contributed by atoms with van der Waals surface area (Å²) in [6.45, 7) is 0.723. The van der Waals surface area contributed by atoms with Crippen molar-refractivity contribution >= 4 is 44.2 Å². The monoisotopic (exact) mass is 405 g/mol. The largest absolute Gasteiger partial charge is 0.380 e. The lowest BCUT2D eigenvalue weighted by Gasteiger charge is -2.09. The van der Waals surface area contributed by atoms with Crippen LogP contribution in [0.25, 0.3) is 0 Å². The fraction of sp³-hybridized carbons (Fsp3) is 0.0769. The Hall–Kier alpha value is -0.620. The van der Waals surface area contributed by atoms with Crippen LogP contribution in [0.4, 0.5) is 10.1 Å². The van der Waals surface area contributed by atoms with E-state index < -0.39 is 0 Å². The van der Waals surface area contributed by atoms with E-state index in [4.69, 9.17) is 0 Å². The van der Waals surface area contributed by atoms with Gasteiger partial charge in [-0.2, -0.15) is 0 Å². The van der Waals surface area contributed by atoms with Gasteiger partial charge in [0.05, 0.1) is 0 Å². The van der Waals surface area contributed by atoms with Gasteiger partial charge in [-0.05, 0) is 58.5 Å². The van der Waals surface area contributed by atoms with Gasteiger partial charge in [0, 0.05) is 20.3 Å². The van der Waals surface area contributed by atoms with Crippen LogP contribution in [-0.2, 0) is 6.54 Å². The molecule has 0 unspecified atom stereocenters. The first-order chi connectivity index (χ1) is 8.15. The molecule has 2 rings (SSSR count). The molecule has 0 radical (unpaired) electrons. The van der Waals surface area contributed by atoms with Crippen molar-refractivity contribution in [2.75, 3.05) is 5.32 Å². The van der Waals surface area contributed by atoms with Crippen molar-refractivity contribution in [1.29, 1.82) is 0 Å². The molecule has 0 heterocycles. The number of halogens is 3. The highest BCUT2D eigenvalue weighted by Gasteiger charge is 2.01. The fourth-order valence-electron chi connectivity index (χ4n) is 1.48. The summed E-state index contributed by atoms with van der Waals surface area (Å²) >= 11 is 5.56. The second-order valence-electron chi connectivity index (χ2n) is 3.61. The first-order valence-electron chi connectivity index (χ1n) is 5.08. The van der Waals surface area contributed by atoms with Crippen molar-refractivity contribution in [2.45, 2.75) is 6.54 Å². The first-order valence-corrected chi connectivity index (χ1v) is 6.96. The molecule has 1 N–H and O–H groups in total. The van der Waals surface area contributed by atoms with E-state index in [2.05, 4.69) is 49.9 Å². The molecule has 2 aromatic carbocycles. The van der Waals surface area contributed by atoms with Gasteiger partial charge in [-0.25, -0.2) is 4.39 Å². The third-order valence-corrected chi connectivity index (χ3v) is 3.69. The van der Waals surface area contributed by atoms with E-state index in [1.54, 1.807) is 6.07 Å². The highest BCUT2D eigenvalue weighted by molar-refractivity contribution is 14.1. The van der Waals surface area contributed by atoms with Gasteiger partial charge >= 0.3 is 0 Å². The Morgan fingerprint density at radius 3 is 2.71 bits per heavy atom. The average Bonchev–Trinajstić information content (AvgIpc) is 2.28. The summed E-state index contributed by atoms with van der Waals surface area (Å²) in [5, 5.41) is 3.29. The molecule has 0 atom stereocenters. The van der Waals surface area contributed by atoms with Crippen molar-refractivity contribution in [2.24, 2.45) is 0 Å². The molecule has 0 amide bonds. The topological polar surface area (TPSA) is 12.0 Å². The SMILES string of the molecule is Fc1ccc(NCc2cccc(Br)c2)c(I)c1. The van der Waals surface area contributed by atoms with E-state index in [0.717, 1.165) is 20.3 Å². The minimum absolute atomic E-state index is 0.206. The molecule has 0 saturated heterocycles. The van der Waals surface area contributed by atoms with Gasteiger partial charge in [0.2, 0.25) is 0 Å². The quantitative estimate of drug-likeness (QED) is 0.723. The molecule has 0 aliphatic carbocycles. The molecule has 1 nitrogen and oxygen atoms in total. The second kappa shape index (κ2) is 5.82. The van der Waals surface area contributed by atoms with Crippen LogP contribution in [0.3, 0.4) is 0 Å². The number of anilines is 1. The van der Waals surface area contributed by atoms with E-state index in [1.165, 1.54) is 17.7 Å². The van der Waals surface area contributed by atoms with E-state index >= 15 is 0 Å². The lowest BCUT2D eigenvalue weighted by molar-refractivity contribution is 0.627. The molecular weight excluding hydrogens is 396 g/mol. The Bertz CT molecular complexity index is 531. The Balaban J connectivity index is 2.07. The summed E-state index contributed by atoms with van der Waals surface area (Å²) in [5.41, 5.74) is 2.13. The Kier molecular flexibility index (Phi) is 4.39. The highest BCUT2D eigenvalue weighted by Crippen LogP contribution is 2.20. The average molecular weight is 406 g/mol. The molecule has 2 aromatic rings. The van der Waals surface area contributed by atoms with Crippen molar-refractivity contribution in [1.82, 2.24) is 0 Å². The van der Waals surface area contributed by atoms with Gasteiger partial charge in [0.1, 0.15) is 5.82 Å². The van der Waals surface area contributed by atoms with Crippen LogP contribution >= 0.6 is 38.5 Å². The van der Waals surface area contributed by atoms with Crippen LogP contribution in [0.1, 0.15) is 5.56 Å². The molecule has 0 aliphatic rings. The summed E-state index contributed by atoms with van der Waals surface area (Å²) in [6.07, 6.45) is 0. The number of hydrogen-bond acceptors (Lipinski definition) is 1. The maximum absolute atomic E-state index is 12.9. The van der Waals surface area contributed by atoms with E-state index in [0.29, 0.717) is 0 Å². The summed E-state index contributed by atoms with van der Waals surface area (Å²) in [5.74, 6) is -0.206. The predicted molar refractivity (Wildman–Crippen MR) is 80.6 cm³/mol. The van der Waals surface area contributed by atoms with Crippen LogP contribution in [-0.4, -0.2) is 0 Å². The lowest BCUT2D eigenvalue weighted by atomic mass is 10.2. The van der Waals surface area contributed by atoms with E-state index in [1.807, 2.05) is 18.2 Å². The maximum atomic E-state index is 12.9. The van der Waals surface area contributed by atoms with Gasteiger partial charge < -0.3 is 5.32 Å². The molecular formula is C13H10BrFIN. The first kappa shape index (κ1) is 12.8. The molecule has 17 heavy (non-hydrogen) atoms. The zero-order valence-corrected chi connectivity index (χ0v) is 12.6. The Morgan fingerprint density at radius 2 is 2.00 bits per heavy atom. The van der Waals surface area contributed by atoms with Gasteiger partial charge in [-0.3, -0.25) is 0 Å². The van der Waals surface area contributed by atoms with Gasteiger partial charge in [-0.1, -0.05) is 28.1 Å². The Labute approximate surface area is 122 Å². The molecule has 0 bridgehead atoms. The zero-order valence-electron chi connectivity index (χ0n) is 8.88. The number of hydrogen-bond donors (Lipinski definition) is 1. The minimum Gasteiger partial charge on any atom is -0.380 e. The molecule has 0 saturated carbocycles. The van der Waals surface area contributed by atoms with Crippen LogP contribution in [0.5, 0.6) is 0 Å². The normalized spacial score (nSPS) is 10.3. The van der Waals surface area contributed by atoms with Crippen LogP contribution in [0, 0.1) is 9.39 Å². The maximum Gasteiger partial charge on any atom is 0.124 e. The second-order valence-corrected chi connectivity index (χ2v) is 5.69. The van der Waals surface area contributed by atoms with Crippen molar-refractivity contribution in [3.8, 4) is 0 Å². The highest BCUT2D eigenvalue weighted by atomic mass is 127. The summed E-state index contributed by atoms with van der Waals surface area (Å²) < 4.78 is 14.9. The third-order valence-electron chi connectivity index (χ3n) is 2.30. The standard InChI is InChI=1S/C13H10BrFIN/c14-10-3-1-2-9(6-10)8-17-13-5-4-11(15)7-12(13)16/h1-7,17H,8H2. The fourth-order valence-corrected chi connectivity index (χ4v) is 2.59. The van der Waals surface area contributed by atoms with Crippen LogP contribution in [0.2, 0.25) is 0 Å². The molecule has 4 heteroatoms. The van der Waals surface area contributed by atoms with E-state index in [-0.39, 0.29) is 5.82 Å². The van der Waals surface area contributed by atoms with Crippen LogP contribution < -0.4 is 5.32 Å². The van der Waals surface area contributed by atoms with Gasteiger partial charge in [0.15, 0.2) is 0 Å². The number of benzene rings is 2. The van der Waals surface area contributed by atoms with Crippen molar-refractivity contribution in [3.63, 3.8) is 0 Å². The van der Waals surface area contributed by atoms with Gasteiger partial charge in [0.25, 0.3) is 0 Å². The molecule has 88 valence electrons. The summed E-state index contributed by atoms with van der Waals surface area (Å²) in [6, 6.07) is 12.8. The number of rotatable bonds is 3. The predicted octanol–water partition coefficient (Wildman–Crippen LogP) is 4.80. The van der Waals surface area contributed by atoms with E-state index in [9.17, 15) is 4.39 Å². The molecule has 0 aromatic heterocycles. The lowest BCUT2D eigenvalue weighted by Crippen LogP contribution is -2.01. The van der Waals surface area contributed by atoms with Crippen molar-refractivity contribution < 1.29 is 4.39 Å². The smallest absolute Gasteiger partial charge is 0.124 e. The summed E-state index contributed by atoms with van der Waals surface area (Å²) in [7, 11) is 0. The molecule has 0 fully saturated rings. The molecule has 0 aliphatic heterocycles. The molecule has 0 spiro atoms. The third kappa shape index (κ3) is 3.67. The van der Waals surface area contributed by atoms with Gasteiger partial charge in [-0.15, -0.1) is 0 Å². The van der Waals surface area contributed by atoms with Crippen molar-refractivity contribution in [3.05, 3.63) is 61.9 Å². The zero-order chi connectivity index (χ0) is 12.3. The minimum atomic E-state index is -0.206. The summed E-state index contributed by atoms with van der Waals surface area (Å²) in [4.78, 5) is 0. The number of nitrogens with one attached hydrogen (secondary N) is 1. The Morgan fingerprint density at radius 1 is 1.18 bits per heavy atom.